The van der Waals surface area contributed by atoms with Crippen LogP contribution in [0.15, 0.2) is 16.9 Å². The second-order valence-electron chi connectivity index (χ2n) is 4.69. The third-order valence-electron chi connectivity index (χ3n) is 3.24. The maximum atomic E-state index is 11.5. The van der Waals surface area contributed by atoms with Gasteiger partial charge in [0.25, 0.3) is 11.2 Å². The number of benzene rings is 1. The largest absolute Gasteiger partial charge is 0.503 e. The Morgan fingerprint density at radius 1 is 1.09 bits per heavy atom. The first-order chi connectivity index (χ1) is 10.6. The molecule has 0 aliphatic rings. The van der Waals surface area contributed by atoms with Gasteiger partial charge in [0.1, 0.15) is 15.7 Å². The van der Waals surface area contributed by atoms with Gasteiger partial charge in [-0.3, -0.25) is 19.9 Å². The third kappa shape index (κ3) is 2.77. The lowest BCUT2D eigenvalue weighted by molar-refractivity contribution is -0.384. The zero-order valence-electron chi connectivity index (χ0n) is 11.5. The number of aromatic hydroxyl groups is 3. The minimum absolute atomic E-state index is 0.0498. The lowest BCUT2D eigenvalue weighted by Crippen LogP contribution is -2.28. The van der Waals surface area contributed by atoms with Crippen molar-refractivity contribution in [3.63, 3.8) is 0 Å². The topological polar surface area (TPSA) is 137 Å². The van der Waals surface area contributed by atoms with E-state index in [4.69, 9.17) is 23.5 Å². The van der Waals surface area contributed by atoms with Gasteiger partial charge in [0.05, 0.1) is 12.8 Å². The molecule has 8 nitrogen and oxygen atoms in total. The number of nitrogens with one attached hydrogen (secondary N) is 1. The normalized spacial score (nSPS) is 12.0. The zero-order chi connectivity index (χ0) is 17.5. The summed E-state index contributed by atoms with van der Waals surface area (Å²) in [6, 6.07) is 1.99. The summed E-state index contributed by atoms with van der Waals surface area (Å²) in [5, 5.41) is 39.8. The Morgan fingerprint density at radius 2 is 1.61 bits per heavy atom. The van der Waals surface area contributed by atoms with Crippen molar-refractivity contribution >= 4 is 40.2 Å². The van der Waals surface area contributed by atoms with E-state index < -0.39 is 39.2 Å². The summed E-state index contributed by atoms with van der Waals surface area (Å²) in [5.74, 6) is -4.13. The Balaban J connectivity index is 2.70. The average molecular weight is 308 g/mol. The number of hydrogen-bond donors (Lipinski definition) is 4. The van der Waals surface area contributed by atoms with Crippen LogP contribution in [0.5, 0.6) is 17.4 Å². The van der Waals surface area contributed by atoms with E-state index >= 15 is 0 Å². The highest BCUT2D eigenvalue weighted by Crippen LogP contribution is 2.37. The molecule has 0 saturated carbocycles. The van der Waals surface area contributed by atoms with Crippen LogP contribution in [0.2, 0.25) is 0 Å². The first kappa shape index (κ1) is 16.5. The van der Waals surface area contributed by atoms with Crippen LogP contribution >= 0.6 is 0 Å². The minimum atomic E-state index is -1.41. The number of nitrogens with zero attached hydrogens (tertiary/aromatic N) is 1. The first-order valence-electron chi connectivity index (χ1n) is 6.11. The molecule has 0 aliphatic heterocycles. The number of nitro benzene ring substituents is 1. The second kappa shape index (κ2) is 5.75. The molecule has 2 aromatic rings. The fourth-order valence-corrected chi connectivity index (χ4v) is 2.17. The van der Waals surface area contributed by atoms with E-state index in [2.05, 4.69) is 0 Å². The molecule has 1 aromatic heterocycles. The number of H-pyrrole nitrogens is 1. The number of rotatable bonds is 3. The van der Waals surface area contributed by atoms with Crippen LogP contribution in [0.3, 0.4) is 0 Å². The van der Waals surface area contributed by atoms with E-state index in [-0.39, 0.29) is 22.2 Å². The Bertz CT molecular complexity index is 844. The molecule has 0 saturated heterocycles. The van der Waals surface area contributed by atoms with Gasteiger partial charge in [0, 0.05) is 17.7 Å². The van der Waals surface area contributed by atoms with Gasteiger partial charge in [-0.2, -0.15) is 0 Å². The van der Waals surface area contributed by atoms with Crippen molar-refractivity contribution in [2.45, 2.75) is 5.82 Å². The van der Waals surface area contributed by atoms with E-state index in [1.165, 1.54) is 0 Å². The molecule has 11 heteroatoms. The predicted octanol–water partition coefficient (Wildman–Crippen LogP) is -1.75. The molecule has 1 heterocycles. The summed E-state index contributed by atoms with van der Waals surface area (Å²) in [7, 11) is 17.3. The zero-order valence-corrected chi connectivity index (χ0v) is 11.5. The first-order valence-corrected chi connectivity index (χ1v) is 6.11. The molecule has 0 fully saturated rings. The number of non-ortho nitro benzene ring substituents is 1. The number of aromatic amines is 1. The highest BCUT2D eigenvalue weighted by atomic mass is 16.6. The van der Waals surface area contributed by atoms with Gasteiger partial charge in [0.2, 0.25) is 5.88 Å². The van der Waals surface area contributed by atoms with Crippen LogP contribution in [0.25, 0.3) is 0 Å². The quantitative estimate of drug-likeness (QED) is 0.301. The maximum absolute atomic E-state index is 11.5. The van der Waals surface area contributed by atoms with Gasteiger partial charge in [-0.15, -0.1) is 0 Å². The van der Waals surface area contributed by atoms with Crippen molar-refractivity contribution in [1.29, 1.82) is 0 Å². The van der Waals surface area contributed by atoms with Crippen molar-refractivity contribution in [2.24, 2.45) is 0 Å². The summed E-state index contributed by atoms with van der Waals surface area (Å²) in [5.41, 5.74) is -2.39. The van der Waals surface area contributed by atoms with Crippen molar-refractivity contribution < 1.29 is 20.2 Å². The number of nitro groups is 1. The molecule has 4 N–H and O–H groups in total. The van der Waals surface area contributed by atoms with Gasteiger partial charge in [0.15, 0.2) is 11.5 Å². The molecular weight excluding hydrogens is 301 g/mol. The molecule has 0 bridgehead atoms. The van der Waals surface area contributed by atoms with E-state index in [9.17, 15) is 30.2 Å². The smallest absolute Gasteiger partial charge is 0.293 e. The van der Waals surface area contributed by atoms with E-state index in [1.807, 2.05) is 0 Å². The van der Waals surface area contributed by atoms with Crippen LogP contribution in [0.1, 0.15) is 16.9 Å². The molecule has 1 unspecified atom stereocenters. The summed E-state index contributed by atoms with van der Waals surface area (Å²) in [4.78, 5) is 23.3. The van der Waals surface area contributed by atoms with Gasteiger partial charge in [-0.25, -0.2) is 0 Å². The number of pyridine rings is 1. The summed E-state index contributed by atoms with van der Waals surface area (Å²) < 4.78 is 0. The molecular formula is C12H7B3N2O6. The van der Waals surface area contributed by atoms with Gasteiger partial charge in [-0.05, 0) is 5.82 Å². The highest BCUT2D eigenvalue weighted by Gasteiger charge is 2.25. The van der Waals surface area contributed by atoms with Crippen molar-refractivity contribution in [2.75, 3.05) is 0 Å². The second-order valence-corrected chi connectivity index (χ2v) is 4.69. The van der Waals surface area contributed by atoms with Crippen LogP contribution in [-0.2, 0) is 0 Å². The molecule has 6 radical (unpaired) electrons. The molecule has 0 aliphatic carbocycles. The van der Waals surface area contributed by atoms with Crippen LogP contribution in [-0.4, -0.2) is 48.8 Å². The van der Waals surface area contributed by atoms with Crippen molar-refractivity contribution in [1.82, 2.24) is 4.98 Å². The van der Waals surface area contributed by atoms with Gasteiger partial charge >= 0.3 is 0 Å². The summed E-state index contributed by atoms with van der Waals surface area (Å²) in [6.07, 6.45) is 0. The highest BCUT2D eigenvalue weighted by molar-refractivity contribution is 6.41. The van der Waals surface area contributed by atoms with E-state index in [0.29, 0.717) is 0 Å². The maximum Gasteiger partial charge on any atom is 0.293 e. The third-order valence-corrected chi connectivity index (χ3v) is 3.24. The van der Waals surface area contributed by atoms with E-state index in [0.717, 1.165) is 12.1 Å². The Kier molecular flexibility index (Phi) is 4.13. The van der Waals surface area contributed by atoms with Crippen molar-refractivity contribution in [3.05, 3.63) is 43.7 Å². The Labute approximate surface area is 133 Å². The number of hydrogen-bond acceptors (Lipinski definition) is 6. The van der Waals surface area contributed by atoms with Gasteiger partial charge in [-0.1, -0.05) is 16.5 Å². The fraction of sp³-hybridized carbons (Fsp3) is 0.0833. The van der Waals surface area contributed by atoms with E-state index in [1.54, 1.807) is 4.98 Å². The van der Waals surface area contributed by atoms with Crippen LogP contribution < -0.4 is 16.5 Å². The molecule has 23 heavy (non-hydrogen) atoms. The molecule has 110 valence electrons. The summed E-state index contributed by atoms with van der Waals surface area (Å²) >= 11 is 0. The predicted molar refractivity (Wildman–Crippen MR) is 83.5 cm³/mol. The SMILES string of the molecule is [B]c1cc([N+](=O)[O-])cc([B])c1C([B])c1c(O)c(O)[nH]c(=O)c1O. The lowest BCUT2D eigenvalue weighted by Gasteiger charge is -2.21. The van der Waals surface area contributed by atoms with Crippen molar-refractivity contribution in [3.8, 4) is 17.4 Å². The lowest BCUT2D eigenvalue weighted by atomic mass is 9.66. The van der Waals surface area contributed by atoms with Gasteiger partial charge < -0.3 is 15.3 Å². The Morgan fingerprint density at radius 3 is 2.09 bits per heavy atom. The molecule has 1 aromatic carbocycles. The van der Waals surface area contributed by atoms with Crippen LogP contribution in [0, 0.1) is 10.1 Å². The summed E-state index contributed by atoms with van der Waals surface area (Å²) in [6.45, 7) is 0. The molecule has 2 rings (SSSR count). The fourth-order valence-electron chi connectivity index (χ4n) is 2.17. The molecule has 0 amide bonds. The number of aromatic nitrogens is 1. The monoisotopic (exact) mass is 308 g/mol. The molecule has 0 spiro atoms. The van der Waals surface area contributed by atoms with Crippen LogP contribution in [0.4, 0.5) is 5.69 Å². The molecule has 1 atom stereocenters. The standard InChI is InChI=1S/C12H7B3N2O6/c13-4-1-3(17(22)23)2-5(14)6(4)8(15)7-9(18)11(20)16-12(21)10(7)19/h1-2,8,18-19H,(H2,16,20,21). The minimum Gasteiger partial charge on any atom is -0.503 e. The Hall–Kier alpha value is -2.84. The average Bonchev–Trinajstić information content (AvgIpc) is 2.44.